The van der Waals surface area contributed by atoms with E-state index in [2.05, 4.69) is 46.9 Å². The lowest BCUT2D eigenvalue weighted by molar-refractivity contribution is 0.142. The predicted octanol–water partition coefficient (Wildman–Crippen LogP) is 2.98. The molecule has 16 heavy (non-hydrogen) atoms. The molecule has 0 radical (unpaired) electrons. The fraction of sp³-hybridized carbons (Fsp3) is 0.538. The summed E-state index contributed by atoms with van der Waals surface area (Å²) in [5.74, 6) is 0. The zero-order valence-electron chi connectivity index (χ0n) is 9.79. The minimum Gasteiger partial charge on any atom is -0.382 e. The first-order valence-electron chi connectivity index (χ1n) is 5.80. The van der Waals surface area contributed by atoms with Crippen LogP contribution in [-0.2, 0) is 11.2 Å². The van der Waals surface area contributed by atoms with Crippen molar-refractivity contribution in [2.45, 2.75) is 32.2 Å². The summed E-state index contributed by atoms with van der Waals surface area (Å²) in [6.07, 6.45) is 3.05. The second kappa shape index (κ2) is 8.03. The van der Waals surface area contributed by atoms with Crippen molar-refractivity contribution in [2.24, 2.45) is 5.73 Å². The molecule has 2 nitrogen and oxygen atoms in total. The smallest absolute Gasteiger partial charge is 0.0466 e. The first-order valence-corrected chi connectivity index (χ1v) is 6.88. The van der Waals surface area contributed by atoms with Crippen LogP contribution in [-0.4, -0.2) is 19.3 Å². The Morgan fingerprint density at radius 1 is 1.31 bits per heavy atom. The van der Waals surface area contributed by atoms with Crippen LogP contribution >= 0.6 is 22.6 Å². The second-order valence-electron chi connectivity index (χ2n) is 3.93. The number of rotatable bonds is 7. The average Bonchev–Trinajstić information content (AvgIpc) is 2.28. The SMILES string of the molecule is CCOCCCC(N)Cc1ccc(I)cc1. The van der Waals surface area contributed by atoms with E-state index in [0.717, 1.165) is 32.5 Å². The quantitative estimate of drug-likeness (QED) is 0.615. The summed E-state index contributed by atoms with van der Waals surface area (Å²) >= 11 is 2.31. The summed E-state index contributed by atoms with van der Waals surface area (Å²) in [6, 6.07) is 8.82. The van der Waals surface area contributed by atoms with E-state index < -0.39 is 0 Å². The van der Waals surface area contributed by atoms with Gasteiger partial charge in [0.05, 0.1) is 0 Å². The molecular weight excluding hydrogens is 313 g/mol. The van der Waals surface area contributed by atoms with Crippen LogP contribution in [0, 0.1) is 3.57 Å². The van der Waals surface area contributed by atoms with Crippen molar-refractivity contribution in [2.75, 3.05) is 13.2 Å². The van der Waals surface area contributed by atoms with E-state index >= 15 is 0 Å². The van der Waals surface area contributed by atoms with Gasteiger partial charge in [-0.1, -0.05) is 12.1 Å². The highest BCUT2D eigenvalue weighted by atomic mass is 127. The van der Waals surface area contributed by atoms with Crippen molar-refractivity contribution in [3.8, 4) is 0 Å². The Kier molecular flexibility index (Phi) is 7.00. The first-order chi connectivity index (χ1) is 7.72. The van der Waals surface area contributed by atoms with Gasteiger partial charge in [-0.05, 0) is 66.5 Å². The fourth-order valence-corrected chi connectivity index (χ4v) is 1.98. The molecule has 1 aromatic carbocycles. The van der Waals surface area contributed by atoms with Gasteiger partial charge in [0.25, 0.3) is 0 Å². The van der Waals surface area contributed by atoms with Crippen molar-refractivity contribution in [1.29, 1.82) is 0 Å². The summed E-state index contributed by atoms with van der Waals surface area (Å²) in [7, 11) is 0. The van der Waals surface area contributed by atoms with Crippen LogP contribution in [0.5, 0.6) is 0 Å². The van der Waals surface area contributed by atoms with Gasteiger partial charge in [0, 0.05) is 22.8 Å². The molecule has 0 saturated heterocycles. The molecule has 1 unspecified atom stereocenters. The molecular formula is C13H20INO. The summed E-state index contributed by atoms with van der Waals surface area (Å²) in [5, 5.41) is 0. The molecule has 0 bridgehead atoms. The van der Waals surface area contributed by atoms with E-state index in [4.69, 9.17) is 10.5 Å². The third-order valence-corrected chi connectivity index (χ3v) is 3.20. The van der Waals surface area contributed by atoms with Crippen LogP contribution in [0.3, 0.4) is 0 Å². The van der Waals surface area contributed by atoms with Crippen LogP contribution < -0.4 is 5.73 Å². The maximum atomic E-state index is 6.07. The molecule has 0 saturated carbocycles. The molecule has 0 heterocycles. The standard InChI is InChI=1S/C13H20INO/c1-2-16-9-3-4-13(15)10-11-5-7-12(14)8-6-11/h5-8,13H,2-4,9-10,15H2,1H3. The number of halogens is 1. The molecule has 90 valence electrons. The highest BCUT2D eigenvalue weighted by Gasteiger charge is 2.03. The van der Waals surface area contributed by atoms with Gasteiger partial charge in [0.2, 0.25) is 0 Å². The van der Waals surface area contributed by atoms with Crippen molar-refractivity contribution >= 4 is 22.6 Å². The van der Waals surface area contributed by atoms with E-state index in [1.165, 1.54) is 9.13 Å². The van der Waals surface area contributed by atoms with Gasteiger partial charge in [0.15, 0.2) is 0 Å². The maximum Gasteiger partial charge on any atom is 0.0466 e. The summed E-state index contributed by atoms with van der Waals surface area (Å²) < 4.78 is 6.56. The lowest BCUT2D eigenvalue weighted by Gasteiger charge is -2.11. The Balaban J connectivity index is 2.23. The Labute approximate surface area is 112 Å². The molecule has 0 aliphatic rings. The van der Waals surface area contributed by atoms with Crippen molar-refractivity contribution in [3.05, 3.63) is 33.4 Å². The van der Waals surface area contributed by atoms with Gasteiger partial charge >= 0.3 is 0 Å². The molecule has 0 amide bonds. The van der Waals surface area contributed by atoms with Crippen LogP contribution in [0.4, 0.5) is 0 Å². The predicted molar refractivity (Wildman–Crippen MR) is 76.6 cm³/mol. The zero-order chi connectivity index (χ0) is 11.8. The molecule has 3 heteroatoms. The molecule has 1 atom stereocenters. The third kappa shape index (κ3) is 5.82. The molecule has 0 spiro atoms. The molecule has 1 aromatic rings. The van der Waals surface area contributed by atoms with Crippen LogP contribution in [0.15, 0.2) is 24.3 Å². The third-order valence-electron chi connectivity index (χ3n) is 2.48. The normalized spacial score (nSPS) is 12.7. The Morgan fingerprint density at radius 2 is 2.00 bits per heavy atom. The largest absolute Gasteiger partial charge is 0.382 e. The monoisotopic (exact) mass is 333 g/mol. The minimum atomic E-state index is 0.250. The zero-order valence-corrected chi connectivity index (χ0v) is 11.9. The van der Waals surface area contributed by atoms with Crippen molar-refractivity contribution in [3.63, 3.8) is 0 Å². The number of benzene rings is 1. The second-order valence-corrected chi connectivity index (χ2v) is 5.18. The Morgan fingerprint density at radius 3 is 2.62 bits per heavy atom. The van der Waals surface area contributed by atoms with Gasteiger partial charge in [-0.2, -0.15) is 0 Å². The summed E-state index contributed by atoms with van der Waals surface area (Å²) in [4.78, 5) is 0. The highest BCUT2D eigenvalue weighted by Crippen LogP contribution is 2.10. The van der Waals surface area contributed by atoms with E-state index in [-0.39, 0.29) is 6.04 Å². The lowest BCUT2D eigenvalue weighted by Crippen LogP contribution is -2.23. The molecule has 0 aliphatic carbocycles. The number of nitrogens with two attached hydrogens (primary N) is 1. The van der Waals surface area contributed by atoms with Gasteiger partial charge in [-0.25, -0.2) is 0 Å². The van der Waals surface area contributed by atoms with Gasteiger partial charge in [0.1, 0.15) is 0 Å². The molecule has 0 aromatic heterocycles. The van der Waals surface area contributed by atoms with Crippen molar-refractivity contribution < 1.29 is 4.74 Å². The van der Waals surface area contributed by atoms with Crippen LogP contribution in [0.25, 0.3) is 0 Å². The summed E-state index contributed by atoms with van der Waals surface area (Å²) in [6.45, 7) is 3.65. The fourth-order valence-electron chi connectivity index (χ4n) is 1.62. The van der Waals surface area contributed by atoms with Gasteiger partial charge in [-0.3, -0.25) is 0 Å². The molecule has 0 aliphatic heterocycles. The average molecular weight is 333 g/mol. The Bertz CT molecular complexity index is 286. The topological polar surface area (TPSA) is 35.2 Å². The molecule has 2 N–H and O–H groups in total. The molecule has 0 fully saturated rings. The first kappa shape index (κ1) is 13.9. The summed E-state index contributed by atoms with van der Waals surface area (Å²) in [5.41, 5.74) is 7.39. The number of ether oxygens (including phenoxy) is 1. The van der Waals surface area contributed by atoms with E-state index in [9.17, 15) is 0 Å². The number of hydrogen-bond acceptors (Lipinski definition) is 2. The van der Waals surface area contributed by atoms with Gasteiger partial charge in [-0.15, -0.1) is 0 Å². The van der Waals surface area contributed by atoms with E-state index in [1.54, 1.807) is 0 Å². The number of hydrogen-bond donors (Lipinski definition) is 1. The minimum absolute atomic E-state index is 0.250. The van der Waals surface area contributed by atoms with Crippen LogP contribution in [0.2, 0.25) is 0 Å². The maximum absolute atomic E-state index is 6.07. The highest BCUT2D eigenvalue weighted by molar-refractivity contribution is 14.1. The van der Waals surface area contributed by atoms with E-state index in [1.807, 2.05) is 6.92 Å². The van der Waals surface area contributed by atoms with Gasteiger partial charge < -0.3 is 10.5 Å². The van der Waals surface area contributed by atoms with Crippen molar-refractivity contribution in [1.82, 2.24) is 0 Å². The lowest BCUT2D eigenvalue weighted by atomic mass is 10.0. The van der Waals surface area contributed by atoms with E-state index in [0.29, 0.717) is 0 Å². The molecule has 1 rings (SSSR count). The van der Waals surface area contributed by atoms with Crippen LogP contribution in [0.1, 0.15) is 25.3 Å². The Hall–Kier alpha value is -0.130.